The normalized spacial score (nSPS) is 12.9. The Hall–Kier alpha value is -2.34. The van der Waals surface area contributed by atoms with Gasteiger partial charge in [-0.25, -0.2) is 4.21 Å². The average Bonchev–Trinajstić information content (AvgIpc) is 2.53. The first-order valence-electron chi connectivity index (χ1n) is 6.82. The summed E-state index contributed by atoms with van der Waals surface area (Å²) in [6.45, 7) is 3.87. The van der Waals surface area contributed by atoms with E-state index in [4.69, 9.17) is 0 Å². The standard InChI is InChI=1S/C16H16N2O3S/c1-3-16(13-6-8-14(9-7-13)18(19)20)17-22(21)15-10-4-12(2)5-11-15/h4-11H,3H2,1-2H3/b17-16+/t22-/m0/s1. The van der Waals surface area contributed by atoms with Gasteiger partial charge in [-0.05, 0) is 43.2 Å². The van der Waals surface area contributed by atoms with Crippen molar-refractivity contribution >= 4 is 22.4 Å². The van der Waals surface area contributed by atoms with E-state index in [2.05, 4.69) is 4.40 Å². The van der Waals surface area contributed by atoms with Gasteiger partial charge in [0.05, 0.1) is 15.5 Å². The summed E-state index contributed by atoms with van der Waals surface area (Å²) >= 11 is 0. The molecule has 6 heteroatoms. The summed E-state index contributed by atoms with van der Waals surface area (Å²) in [5.74, 6) is 0. The molecule has 0 heterocycles. The van der Waals surface area contributed by atoms with Crippen molar-refractivity contribution in [2.75, 3.05) is 0 Å². The maximum Gasteiger partial charge on any atom is 0.269 e. The first-order valence-corrected chi connectivity index (χ1v) is 7.93. The van der Waals surface area contributed by atoms with Crippen molar-refractivity contribution in [3.8, 4) is 0 Å². The third-order valence-corrected chi connectivity index (χ3v) is 4.22. The quantitative estimate of drug-likeness (QED) is 0.478. The number of hydrogen-bond donors (Lipinski definition) is 0. The Morgan fingerprint density at radius 1 is 1.14 bits per heavy atom. The van der Waals surface area contributed by atoms with E-state index in [-0.39, 0.29) is 5.69 Å². The van der Waals surface area contributed by atoms with Crippen LogP contribution in [0.3, 0.4) is 0 Å². The molecule has 0 saturated carbocycles. The van der Waals surface area contributed by atoms with Crippen LogP contribution in [0.4, 0.5) is 5.69 Å². The Morgan fingerprint density at radius 2 is 1.73 bits per heavy atom. The van der Waals surface area contributed by atoms with E-state index in [0.29, 0.717) is 17.0 Å². The summed E-state index contributed by atoms with van der Waals surface area (Å²) in [5, 5.41) is 10.7. The number of aryl methyl sites for hydroxylation is 1. The van der Waals surface area contributed by atoms with Gasteiger partial charge in [-0.2, -0.15) is 4.40 Å². The van der Waals surface area contributed by atoms with Crippen molar-refractivity contribution in [3.63, 3.8) is 0 Å². The lowest BCUT2D eigenvalue weighted by atomic mass is 10.1. The van der Waals surface area contributed by atoms with E-state index in [1.54, 1.807) is 24.3 Å². The topological polar surface area (TPSA) is 72.6 Å². The lowest BCUT2D eigenvalue weighted by Gasteiger charge is -2.04. The fraction of sp³-hybridized carbons (Fsp3) is 0.188. The van der Waals surface area contributed by atoms with Gasteiger partial charge in [0.1, 0.15) is 0 Å². The fourth-order valence-corrected chi connectivity index (χ4v) is 2.81. The highest BCUT2D eigenvalue weighted by molar-refractivity contribution is 7.83. The number of nitro groups is 1. The molecule has 0 fully saturated rings. The van der Waals surface area contributed by atoms with Gasteiger partial charge >= 0.3 is 0 Å². The van der Waals surface area contributed by atoms with Crippen LogP contribution in [0, 0.1) is 17.0 Å². The minimum absolute atomic E-state index is 0.0267. The van der Waals surface area contributed by atoms with Gasteiger partial charge in [0, 0.05) is 12.1 Å². The zero-order valence-electron chi connectivity index (χ0n) is 12.4. The maximum absolute atomic E-state index is 12.3. The van der Waals surface area contributed by atoms with Crippen LogP contribution in [0.1, 0.15) is 24.5 Å². The van der Waals surface area contributed by atoms with Crippen LogP contribution in [0.25, 0.3) is 0 Å². The Kier molecular flexibility index (Phi) is 5.16. The van der Waals surface area contributed by atoms with Crippen molar-refractivity contribution in [2.24, 2.45) is 4.40 Å². The van der Waals surface area contributed by atoms with Gasteiger partial charge < -0.3 is 0 Å². The molecule has 0 N–H and O–H groups in total. The van der Waals surface area contributed by atoms with Crippen LogP contribution in [0.15, 0.2) is 57.8 Å². The first-order chi connectivity index (χ1) is 10.5. The molecule has 0 bridgehead atoms. The highest BCUT2D eigenvalue weighted by Gasteiger charge is 2.09. The molecule has 5 nitrogen and oxygen atoms in total. The van der Waals surface area contributed by atoms with Crippen molar-refractivity contribution < 1.29 is 9.13 Å². The molecular weight excluding hydrogens is 300 g/mol. The third kappa shape index (κ3) is 3.85. The van der Waals surface area contributed by atoms with Crippen LogP contribution >= 0.6 is 0 Å². The summed E-state index contributed by atoms with van der Waals surface area (Å²) in [7, 11) is -1.48. The van der Waals surface area contributed by atoms with Gasteiger partial charge in [-0.1, -0.05) is 24.6 Å². The van der Waals surface area contributed by atoms with Crippen LogP contribution in [-0.4, -0.2) is 14.8 Å². The molecule has 2 aromatic rings. The SMILES string of the molecule is CC/C(=N\[S@@](=O)c1ccc(C)cc1)c1ccc([N+](=O)[O-])cc1. The minimum atomic E-state index is -1.48. The van der Waals surface area contributed by atoms with E-state index < -0.39 is 15.9 Å². The number of benzene rings is 2. The largest absolute Gasteiger partial charge is 0.269 e. The van der Waals surface area contributed by atoms with Crippen molar-refractivity contribution in [1.29, 1.82) is 0 Å². The summed E-state index contributed by atoms with van der Waals surface area (Å²) in [6, 6.07) is 13.5. The van der Waals surface area contributed by atoms with Gasteiger partial charge in [0.15, 0.2) is 11.0 Å². The second kappa shape index (κ2) is 7.09. The average molecular weight is 316 g/mol. The van der Waals surface area contributed by atoms with Gasteiger partial charge in [0.25, 0.3) is 5.69 Å². The smallest absolute Gasteiger partial charge is 0.258 e. The summed E-state index contributed by atoms with van der Waals surface area (Å²) in [6.07, 6.45) is 0.593. The molecular formula is C16H16N2O3S. The monoisotopic (exact) mass is 316 g/mol. The fourth-order valence-electron chi connectivity index (χ4n) is 1.90. The number of rotatable bonds is 5. The summed E-state index contributed by atoms with van der Waals surface area (Å²) in [4.78, 5) is 10.9. The molecule has 1 atom stereocenters. The number of nitro benzene ring substituents is 1. The van der Waals surface area contributed by atoms with E-state index >= 15 is 0 Å². The Labute approximate surface area is 131 Å². The van der Waals surface area contributed by atoms with Crippen molar-refractivity contribution in [1.82, 2.24) is 0 Å². The zero-order valence-corrected chi connectivity index (χ0v) is 13.2. The Bertz CT molecular complexity index is 722. The lowest BCUT2D eigenvalue weighted by molar-refractivity contribution is -0.384. The molecule has 0 radical (unpaired) electrons. The summed E-state index contributed by atoms with van der Waals surface area (Å²) in [5.41, 5.74) is 2.53. The van der Waals surface area contributed by atoms with Crippen LogP contribution in [0.2, 0.25) is 0 Å². The van der Waals surface area contributed by atoms with Crippen LogP contribution in [0.5, 0.6) is 0 Å². The van der Waals surface area contributed by atoms with Crippen LogP contribution in [-0.2, 0) is 11.0 Å². The molecule has 0 aliphatic rings. The van der Waals surface area contributed by atoms with Gasteiger partial charge in [-0.3, -0.25) is 10.1 Å². The lowest BCUT2D eigenvalue weighted by Crippen LogP contribution is -2.02. The predicted molar refractivity (Wildman–Crippen MR) is 87.5 cm³/mol. The highest BCUT2D eigenvalue weighted by atomic mass is 32.2. The van der Waals surface area contributed by atoms with Gasteiger partial charge in [-0.15, -0.1) is 0 Å². The van der Waals surface area contributed by atoms with Crippen molar-refractivity contribution in [3.05, 3.63) is 69.8 Å². The minimum Gasteiger partial charge on any atom is -0.258 e. The zero-order chi connectivity index (χ0) is 16.1. The molecule has 2 aromatic carbocycles. The van der Waals surface area contributed by atoms with E-state index in [1.165, 1.54) is 12.1 Å². The second-order valence-corrected chi connectivity index (χ2v) is 5.91. The van der Waals surface area contributed by atoms with E-state index in [9.17, 15) is 14.3 Å². The molecule has 0 aliphatic carbocycles. The molecule has 0 aromatic heterocycles. The second-order valence-electron chi connectivity index (χ2n) is 4.76. The molecule has 0 amide bonds. The Morgan fingerprint density at radius 3 is 2.23 bits per heavy atom. The summed E-state index contributed by atoms with van der Waals surface area (Å²) < 4.78 is 16.5. The number of hydrogen-bond acceptors (Lipinski definition) is 3. The maximum atomic E-state index is 12.3. The molecule has 22 heavy (non-hydrogen) atoms. The van der Waals surface area contributed by atoms with E-state index in [1.807, 2.05) is 26.0 Å². The molecule has 0 spiro atoms. The number of nitrogens with zero attached hydrogens (tertiary/aromatic N) is 2. The third-order valence-electron chi connectivity index (χ3n) is 3.16. The van der Waals surface area contributed by atoms with E-state index in [0.717, 1.165) is 11.1 Å². The molecule has 0 unspecified atom stereocenters. The number of non-ortho nitro benzene ring substituents is 1. The van der Waals surface area contributed by atoms with Crippen LogP contribution < -0.4 is 0 Å². The molecule has 0 aliphatic heterocycles. The molecule has 0 saturated heterocycles. The molecule has 114 valence electrons. The first kappa shape index (κ1) is 16.0. The van der Waals surface area contributed by atoms with Gasteiger partial charge in [0.2, 0.25) is 0 Å². The van der Waals surface area contributed by atoms with Crippen molar-refractivity contribution in [2.45, 2.75) is 25.2 Å². The highest BCUT2D eigenvalue weighted by Crippen LogP contribution is 2.16. The Balaban J connectivity index is 2.28. The predicted octanol–water partition coefficient (Wildman–Crippen LogP) is 3.83. The molecule has 2 rings (SSSR count).